The number of hydrogen-bond acceptors (Lipinski definition) is 5. The molecule has 1 aliphatic rings. The molecule has 4 rings (SSSR count). The first kappa shape index (κ1) is 23.9. The van der Waals surface area contributed by atoms with E-state index in [0.29, 0.717) is 30.0 Å². The predicted molar refractivity (Wildman–Crippen MR) is 129 cm³/mol. The summed E-state index contributed by atoms with van der Waals surface area (Å²) in [6.45, 7) is 6.99. The number of amides is 1. The molecule has 3 heterocycles. The van der Waals surface area contributed by atoms with Crippen molar-refractivity contribution in [3.63, 3.8) is 0 Å². The van der Waals surface area contributed by atoms with Gasteiger partial charge >= 0.3 is 0 Å². The minimum atomic E-state index is -0.399. The molecule has 0 bridgehead atoms. The number of aromatic nitrogens is 2. The molecule has 1 aliphatic heterocycles. The Morgan fingerprint density at radius 2 is 2.06 bits per heavy atom. The highest BCUT2D eigenvalue weighted by Gasteiger charge is 2.33. The van der Waals surface area contributed by atoms with Gasteiger partial charge in [-0.25, -0.2) is 9.37 Å². The molecular formula is C26H31FN4O3. The van der Waals surface area contributed by atoms with Crippen LogP contribution in [0, 0.1) is 12.7 Å². The zero-order valence-electron chi connectivity index (χ0n) is 20.0. The number of aryl methyl sites for hydroxylation is 1. The monoisotopic (exact) mass is 466 g/mol. The molecule has 0 fully saturated rings. The van der Waals surface area contributed by atoms with Gasteiger partial charge in [0.25, 0.3) is 5.91 Å². The van der Waals surface area contributed by atoms with Gasteiger partial charge in [0, 0.05) is 44.2 Å². The molecule has 1 atom stereocenters. The number of pyridine rings is 1. The van der Waals surface area contributed by atoms with E-state index in [1.165, 1.54) is 12.1 Å². The summed E-state index contributed by atoms with van der Waals surface area (Å²) in [5.74, 6) is 0.233. The van der Waals surface area contributed by atoms with Crippen molar-refractivity contribution in [2.24, 2.45) is 0 Å². The van der Waals surface area contributed by atoms with Crippen molar-refractivity contribution in [3.8, 4) is 11.1 Å². The lowest BCUT2D eigenvalue weighted by Crippen LogP contribution is -2.49. The third-order valence-electron chi connectivity index (χ3n) is 6.11. The Kier molecular flexibility index (Phi) is 7.00. The molecule has 0 radical (unpaired) electrons. The Labute approximate surface area is 199 Å². The number of carbonyl (C=O) groups excluding carboxylic acids is 1. The van der Waals surface area contributed by atoms with E-state index in [0.717, 1.165) is 22.5 Å². The number of hydrogen-bond donors (Lipinski definition) is 2. The molecule has 180 valence electrons. The zero-order chi connectivity index (χ0) is 24.4. The van der Waals surface area contributed by atoms with E-state index in [4.69, 9.17) is 4.74 Å². The Morgan fingerprint density at radius 3 is 2.76 bits per heavy atom. The first-order valence-electron chi connectivity index (χ1n) is 11.4. The number of anilines is 1. The highest BCUT2D eigenvalue weighted by Crippen LogP contribution is 2.31. The number of nitrogens with zero attached hydrogens (tertiary/aromatic N) is 3. The number of halogens is 1. The fourth-order valence-electron chi connectivity index (χ4n) is 4.45. The summed E-state index contributed by atoms with van der Waals surface area (Å²) in [5.41, 5.74) is 4.72. The first-order chi connectivity index (χ1) is 16.3. The van der Waals surface area contributed by atoms with Crippen LogP contribution in [0.1, 0.15) is 41.0 Å². The topological polar surface area (TPSA) is 79.6 Å². The molecule has 2 N–H and O–H groups in total. The van der Waals surface area contributed by atoms with Crippen molar-refractivity contribution < 1.29 is 19.0 Å². The van der Waals surface area contributed by atoms with Crippen LogP contribution in [0.4, 0.5) is 10.2 Å². The average Bonchev–Trinajstić information content (AvgIpc) is 3.22. The first-order valence-corrected chi connectivity index (χ1v) is 11.4. The van der Waals surface area contributed by atoms with Gasteiger partial charge in [0.1, 0.15) is 17.3 Å². The Bertz CT molecular complexity index is 1190. The second kappa shape index (κ2) is 9.95. The molecule has 7 nitrogen and oxygen atoms in total. The maximum absolute atomic E-state index is 13.9. The third kappa shape index (κ3) is 4.83. The zero-order valence-corrected chi connectivity index (χ0v) is 20.0. The largest absolute Gasteiger partial charge is 0.392 e. The number of methoxy groups -OCH3 is 1. The van der Waals surface area contributed by atoms with Gasteiger partial charge in [0.05, 0.1) is 19.3 Å². The molecule has 2 aromatic heterocycles. The van der Waals surface area contributed by atoms with Gasteiger partial charge < -0.3 is 24.6 Å². The maximum atomic E-state index is 13.9. The summed E-state index contributed by atoms with van der Waals surface area (Å²) >= 11 is 0. The van der Waals surface area contributed by atoms with Crippen molar-refractivity contribution in [2.75, 3.05) is 19.0 Å². The number of nitrogens with one attached hydrogen (secondary N) is 1. The van der Waals surface area contributed by atoms with Gasteiger partial charge in [0.15, 0.2) is 0 Å². The van der Waals surface area contributed by atoms with Crippen LogP contribution in [-0.2, 0) is 24.4 Å². The number of aliphatic hydroxyl groups excluding tert-OH is 1. The molecule has 1 amide bonds. The molecule has 1 aromatic carbocycles. The smallest absolute Gasteiger partial charge is 0.271 e. The molecule has 0 saturated heterocycles. The van der Waals surface area contributed by atoms with Gasteiger partial charge in [-0.1, -0.05) is 6.07 Å². The molecule has 8 heteroatoms. The fourth-order valence-corrected chi connectivity index (χ4v) is 4.45. The molecule has 0 spiro atoms. The van der Waals surface area contributed by atoms with Crippen LogP contribution in [0.25, 0.3) is 11.1 Å². The van der Waals surface area contributed by atoms with Crippen LogP contribution in [0.15, 0.2) is 42.7 Å². The van der Waals surface area contributed by atoms with Crippen LogP contribution in [0.3, 0.4) is 0 Å². The molecule has 34 heavy (non-hydrogen) atoms. The Hall–Kier alpha value is -3.23. The highest BCUT2D eigenvalue weighted by molar-refractivity contribution is 5.95. The average molecular weight is 467 g/mol. The second-order valence-electron chi connectivity index (χ2n) is 9.06. The van der Waals surface area contributed by atoms with Gasteiger partial charge in [-0.3, -0.25) is 4.79 Å². The summed E-state index contributed by atoms with van der Waals surface area (Å²) < 4.78 is 21.3. The quantitative estimate of drug-likeness (QED) is 0.525. The van der Waals surface area contributed by atoms with Gasteiger partial charge in [-0.05, 0) is 67.3 Å². The van der Waals surface area contributed by atoms with E-state index in [1.54, 1.807) is 18.1 Å². The van der Waals surface area contributed by atoms with Crippen molar-refractivity contribution in [2.45, 2.75) is 52.6 Å². The lowest BCUT2D eigenvalue weighted by molar-refractivity contribution is 0.0386. The summed E-state index contributed by atoms with van der Waals surface area (Å²) in [7, 11) is 1.60. The van der Waals surface area contributed by atoms with Crippen molar-refractivity contribution in [1.29, 1.82) is 0 Å². The van der Waals surface area contributed by atoms with Crippen LogP contribution in [-0.4, -0.2) is 51.3 Å². The number of carbonyl (C=O) groups is 1. The third-order valence-corrected chi connectivity index (χ3v) is 6.11. The second-order valence-corrected chi connectivity index (χ2v) is 9.06. The molecule has 0 saturated carbocycles. The standard InChI is InChI=1S/C26H31FN4O3/c1-16(2)29-25-9-23(17(3)10-28-25)20-8-24-26(33)31(22(15-34-4)13-30(24)11-20)12-19-7-21(27)6-5-18(19)14-32/h5-11,16,22,32H,12-15H2,1-4H3,(H,28,29)/t22-/m1/s1. The van der Waals surface area contributed by atoms with E-state index in [9.17, 15) is 14.3 Å². The van der Waals surface area contributed by atoms with Gasteiger partial charge in [0.2, 0.25) is 0 Å². The van der Waals surface area contributed by atoms with Crippen molar-refractivity contribution in [1.82, 2.24) is 14.5 Å². The number of benzene rings is 1. The minimum Gasteiger partial charge on any atom is -0.392 e. The summed E-state index contributed by atoms with van der Waals surface area (Å²) in [5, 5.41) is 13.0. The van der Waals surface area contributed by atoms with Gasteiger partial charge in [-0.2, -0.15) is 0 Å². The normalized spacial score (nSPS) is 15.7. The summed E-state index contributed by atoms with van der Waals surface area (Å²) in [6, 6.07) is 8.19. The fraction of sp³-hybridized carbons (Fsp3) is 0.385. The van der Waals surface area contributed by atoms with E-state index in [-0.39, 0.29) is 31.1 Å². The SMILES string of the molecule is COC[C@H]1Cn2cc(-c3cc(NC(C)C)ncc3C)cc2C(=O)N1Cc1cc(F)ccc1CO. The van der Waals surface area contributed by atoms with Gasteiger partial charge in [-0.15, -0.1) is 0 Å². The highest BCUT2D eigenvalue weighted by atomic mass is 19.1. The van der Waals surface area contributed by atoms with E-state index >= 15 is 0 Å². The van der Waals surface area contributed by atoms with E-state index < -0.39 is 5.82 Å². The van der Waals surface area contributed by atoms with Crippen LogP contribution >= 0.6 is 0 Å². The van der Waals surface area contributed by atoms with Crippen LogP contribution in [0.2, 0.25) is 0 Å². The maximum Gasteiger partial charge on any atom is 0.271 e. The summed E-state index contributed by atoms with van der Waals surface area (Å²) in [4.78, 5) is 19.8. The van der Waals surface area contributed by atoms with Crippen LogP contribution < -0.4 is 5.32 Å². The van der Waals surface area contributed by atoms with Crippen molar-refractivity contribution >= 4 is 11.7 Å². The molecule has 0 aliphatic carbocycles. The van der Waals surface area contributed by atoms with Crippen molar-refractivity contribution in [3.05, 3.63) is 70.9 Å². The van der Waals surface area contributed by atoms with E-state index in [1.807, 2.05) is 36.0 Å². The predicted octanol–water partition coefficient (Wildman–Crippen LogP) is 3.98. The lowest BCUT2D eigenvalue weighted by atomic mass is 10.0. The number of ether oxygens (including phenoxy) is 1. The van der Waals surface area contributed by atoms with Crippen LogP contribution in [0.5, 0.6) is 0 Å². The molecule has 3 aromatic rings. The number of aliphatic hydroxyl groups is 1. The lowest BCUT2D eigenvalue weighted by Gasteiger charge is -2.36. The Balaban J connectivity index is 1.70. The van der Waals surface area contributed by atoms with E-state index in [2.05, 4.69) is 24.1 Å². The Morgan fingerprint density at radius 1 is 1.26 bits per heavy atom. The minimum absolute atomic E-state index is 0.153. The molecule has 0 unspecified atom stereocenters. The number of fused-ring (bicyclic) bond motifs is 1. The molecular weight excluding hydrogens is 435 g/mol. The summed E-state index contributed by atoms with van der Waals surface area (Å²) in [6.07, 6.45) is 3.83. The number of rotatable bonds is 8.